The molecule has 0 radical (unpaired) electrons. The van der Waals surface area contributed by atoms with Crippen LogP contribution >= 0.6 is 11.8 Å². The standard InChI is InChI=1S/C18H19FN4O2S/c1-5-10(2)26-16-13-15(22(3)18(25)23(4)17(13)24)20-14(21-16)11-6-8-12(19)9-7-11/h6-10H,5H2,1-4H3/t10-/m1/s1. The highest BCUT2D eigenvalue weighted by Crippen LogP contribution is 2.29. The maximum absolute atomic E-state index is 13.2. The minimum Gasteiger partial charge on any atom is -0.280 e. The predicted molar refractivity (Wildman–Crippen MR) is 101 cm³/mol. The van der Waals surface area contributed by atoms with Crippen LogP contribution in [0.2, 0.25) is 0 Å². The Morgan fingerprint density at radius 1 is 1.12 bits per heavy atom. The Balaban J connectivity index is 2.37. The van der Waals surface area contributed by atoms with Gasteiger partial charge in [-0.05, 0) is 30.7 Å². The van der Waals surface area contributed by atoms with Crippen LogP contribution in [0.15, 0.2) is 38.9 Å². The van der Waals surface area contributed by atoms with E-state index in [9.17, 15) is 14.0 Å². The lowest BCUT2D eigenvalue weighted by Crippen LogP contribution is -2.37. The maximum Gasteiger partial charge on any atom is 0.332 e. The van der Waals surface area contributed by atoms with Crippen LogP contribution in [0.25, 0.3) is 22.4 Å². The number of hydrogen-bond acceptors (Lipinski definition) is 5. The number of hydrogen-bond donors (Lipinski definition) is 0. The van der Waals surface area contributed by atoms with Crippen molar-refractivity contribution >= 4 is 22.8 Å². The molecule has 0 bridgehead atoms. The van der Waals surface area contributed by atoms with Crippen molar-refractivity contribution < 1.29 is 4.39 Å². The summed E-state index contributed by atoms with van der Waals surface area (Å²) in [6.07, 6.45) is 0.897. The van der Waals surface area contributed by atoms with E-state index < -0.39 is 11.2 Å². The molecule has 3 rings (SSSR count). The zero-order valence-corrected chi connectivity index (χ0v) is 15.8. The Morgan fingerprint density at radius 3 is 2.38 bits per heavy atom. The van der Waals surface area contributed by atoms with Gasteiger partial charge in [0, 0.05) is 24.9 Å². The first-order valence-corrected chi connectivity index (χ1v) is 9.11. The van der Waals surface area contributed by atoms with Crippen LogP contribution in [0, 0.1) is 5.82 Å². The molecular formula is C18H19FN4O2S. The van der Waals surface area contributed by atoms with Gasteiger partial charge < -0.3 is 0 Å². The highest BCUT2D eigenvalue weighted by molar-refractivity contribution is 8.00. The number of rotatable bonds is 4. The molecule has 1 aromatic carbocycles. The van der Waals surface area contributed by atoms with Crippen LogP contribution in [0.3, 0.4) is 0 Å². The van der Waals surface area contributed by atoms with E-state index in [0.29, 0.717) is 21.8 Å². The third kappa shape index (κ3) is 3.16. The molecule has 136 valence electrons. The number of benzene rings is 1. The molecule has 0 N–H and O–H groups in total. The molecule has 0 aliphatic carbocycles. The lowest BCUT2D eigenvalue weighted by Gasteiger charge is -2.14. The Hall–Kier alpha value is -2.48. The molecule has 0 saturated heterocycles. The van der Waals surface area contributed by atoms with Crippen molar-refractivity contribution in [1.82, 2.24) is 19.1 Å². The summed E-state index contributed by atoms with van der Waals surface area (Å²) in [6, 6.07) is 5.81. The molecule has 0 saturated carbocycles. The van der Waals surface area contributed by atoms with E-state index >= 15 is 0 Å². The van der Waals surface area contributed by atoms with E-state index in [1.54, 1.807) is 19.2 Å². The van der Waals surface area contributed by atoms with Crippen molar-refractivity contribution in [2.45, 2.75) is 30.5 Å². The summed E-state index contributed by atoms with van der Waals surface area (Å²) in [5, 5.41) is 1.08. The number of aryl methyl sites for hydroxylation is 1. The normalized spacial score (nSPS) is 12.5. The molecular weight excluding hydrogens is 355 g/mol. The summed E-state index contributed by atoms with van der Waals surface area (Å²) in [7, 11) is 3.01. The van der Waals surface area contributed by atoms with Crippen molar-refractivity contribution in [2.75, 3.05) is 0 Å². The second-order valence-corrected chi connectivity index (χ2v) is 7.53. The van der Waals surface area contributed by atoms with Crippen LogP contribution in [0.4, 0.5) is 4.39 Å². The summed E-state index contributed by atoms with van der Waals surface area (Å²) in [6.45, 7) is 4.10. The summed E-state index contributed by atoms with van der Waals surface area (Å²) in [5.74, 6) is -0.00318. The number of aromatic nitrogens is 4. The fourth-order valence-corrected chi connectivity index (χ4v) is 3.50. The zero-order valence-electron chi connectivity index (χ0n) is 15.0. The monoisotopic (exact) mass is 374 g/mol. The molecule has 6 nitrogen and oxygen atoms in total. The van der Waals surface area contributed by atoms with E-state index in [4.69, 9.17) is 0 Å². The largest absolute Gasteiger partial charge is 0.332 e. The average molecular weight is 374 g/mol. The molecule has 1 atom stereocenters. The molecule has 8 heteroatoms. The van der Waals surface area contributed by atoms with Crippen LogP contribution in [-0.4, -0.2) is 24.4 Å². The fraction of sp³-hybridized carbons (Fsp3) is 0.333. The Bertz CT molecular complexity index is 1090. The summed E-state index contributed by atoms with van der Waals surface area (Å²) < 4.78 is 15.6. The minimum atomic E-state index is -0.453. The van der Waals surface area contributed by atoms with Crippen LogP contribution < -0.4 is 11.2 Å². The highest BCUT2D eigenvalue weighted by atomic mass is 32.2. The van der Waals surface area contributed by atoms with Gasteiger partial charge in [-0.15, -0.1) is 11.8 Å². The second-order valence-electron chi connectivity index (χ2n) is 6.10. The molecule has 0 aliphatic heterocycles. The fourth-order valence-electron chi connectivity index (χ4n) is 2.52. The first kappa shape index (κ1) is 18.3. The number of fused-ring (bicyclic) bond motifs is 1. The van der Waals surface area contributed by atoms with Gasteiger partial charge in [-0.3, -0.25) is 13.9 Å². The topological polar surface area (TPSA) is 69.8 Å². The van der Waals surface area contributed by atoms with Gasteiger partial charge in [0.1, 0.15) is 16.2 Å². The first-order valence-electron chi connectivity index (χ1n) is 8.23. The highest BCUT2D eigenvalue weighted by Gasteiger charge is 2.19. The summed E-state index contributed by atoms with van der Waals surface area (Å²) >= 11 is 1.47. The average Bonchev–Trinajstić information content (AvgIpc) is 2.64. The maximum atomic E-state index is 13.2. The molecule has 0 amide bonds. The van der Waals surface area contributed by atoms with Crippen LogP contribution in [0.5, 0.6) is 0 Å². The van der Waals surface area contributed by atoms with E-state index in [-0.39, 0.29) is 16.7 Å². The third-order valence-electron chi connectivity index (χ3n) is 4.26. The molecule has 2 heterocycles. The number of thioether (sulfide) groups is 1. The van der Waals surface area contributed by atoms with E-state index in [1.807, 2.05) is 6.92 Å². The molecule has 0 aliphatic rings. The smallest absolute Gasteiger partial charge is 0.280 e. The van der Waals surface area contributed by atoms with Gasteiger partial charge in [0.15, 0.2) is 11.5 Å². The van der Waals surface area contributed by atoms with Crippen molar-refractivity contribution in [2.24, 2.45) is 14.1 Å². The summed E-state index contributed by atoms with van der Waals surface area (Å²) in [5.41, 5.74) is 0.0240. The zero-order chi connectivity index (χ0) is 19.0. The molecule has 2 aromatic heterocycles. The van der Waals surface area contributed by atoms with Gasteiger partial charge in [-0.1, -0.05) is 13.8 Å². The molecule has 0 unspecified atom stereocenters. The van der Waals surface area contributed by atoms with Crippen LogP contribution in [-0.2, 0) is 14.1 Å². The van der Waals surface area contributed by atoms with Crippen LogP contribution in [0.1, 0.15) is 20.3 Å². The first-order chi connectivity index (χ1) is 12.3. The Morgan fingerprint density at radius 2 is 1.77 bits per heavy atom. The van der Waals surface area contributed by atoms with E-state index in [2.05, 4.69) is 16.9 Å². The SMILES string of the molecule is CC[C@@H](C)Sc1nc(-c2ccc(F)cc2)nc2c1c(=O)n(C)c(=O)n2C. The van der Waals surface area contributed by atoms with Gasteiger partial charge in [-0.2, -0.15) is 0 Å². The van der Waals surface area contributed by atoms with Crippen molar-refractivity contribution in [3.05, 3.63) is 50.9 Å². The van der Waals surface area contributed by atoms with Gasteiger partial charge in [0.05, 0.1) is 0 Å². The molecule has 3 aromatic rings. The molecule has 26 heavy (non-hydrogen) atoms. The second kappa shape index (κ2) is 7.03. The van der Waals surface area contributed by atoms with Crippen molar-refractivity contribution in [3.8, 4) is 11.4 Å². The van der Waals surface area contributed by atoms with Crippen molar-refractivity contribution in [1.29, 1.82) is 0 Å². The molecule has 0 fully saturated rings. The number of nitrogens with zero attached hydrogens (tertiary/aromatic N) is 4. The van der Waals surface area contributed by atoms with Gasteiger partial charge in [-0.25, -0.2) is 19.2 Å². The predicted octanol–water partition coefficient (Wildman–Crippen LogP) is 2.72. The van der Waals surface area contributed by atoms with E-state index in [0.717, 1.165) is 11.0 Å². The van der Waals surface area contributed by atoms with Gasteiger partial charge in [0.25, 0.3) is 5.56 Å². The Labute approximate surface area is 153 Å². The summed E-state index contributed by atoms with van der Waals surface area (Å²) in [4.78, 5) is 34.0. The molecule has 0 spiro atoms. The number of halogens is 1. The quantitative estimate of drug-likeness (QED) is 0.519. The van der Waals surface area contributed by atoms with E-state index in [1.165, 1.54) is 35.5 Å². The van der Waals surface area contributed by atoms with Gasteiger partial charge >= 0.3 is 5.69 Å². The Kier molecular flexibility index (Phi) is 4.95. The third-order valence-corrected chi connectivity index (χ3v) is 5.51. The van der Waals surface area contributed by atoms with Crippen molar-refractivity contribution in [3.63, 3.8) is 0 Å². The lowest BCUT2D eigenvalue weighted by atomic mass is 10.2. The lowest BCUT2D eigenvalue weighted by molar-refractivity contribution is 0.628. The minimum absolute atomic E-state index is 0.233. The van der Waals surface area contributed by atoms with Gasteiger partial charge in [0.2, 0.25) is 0 Å².